The largest absolute Gasteiger partial charge is 0.478 e. The van der Waals surface area contributed by atoms with Crippen molar-refractivity contribution in [1.82, 2.24) is 5.32 Å². The van der Waals surface area contributed by atoms with Crippen molar-refractivity contribution in [3.05, 3.63) is 59.1 Å². The summed E-state index contributed by atoms with van der Waals surface area (Å²) in [5.74, 6) is 0.526. The lowest BCUT2D eigenvalue weighted by atomic mass is 10.1. The molecule has 1 N–H and O–H groups in total. The van der Waals surface area contributed by atoms with Gasteiger partial charge in [-0.15, -0.1) is 0 Å². The lowest BCUT2D eigenvalue weighted by Gasteiger charge is -2.25. The van der Waals surface area contributed by atoms with Crippen molar-refractivity contribution in [3.8, 4) is 11.5 Å². The molecule has 0 saturated carbocycles. The Balaban J connectivity index is 1.84. The zero-order valence-electron chi connectivity index (χ0n) is 18.7. The number of carbonyl (C=O) groups is 2. The Morgan fingerprint density at radius 1 is 0.871 bits per heavy atom. The Morgan fingerprint density at radius 3 is 1.94 bits per heavy atom. The summed E-state index contributed by atoms with van der Waals surface area (Å²) in [5, 5.41) is 3.51. The van der Waals surface area contributed by atoms with Gasteiger partial charge in [-0.2, -0.15) is 0 Å². The van der Waals surface area contributed by atoms with Gasteiger partial charge >= 0.3 is 5.97 Å². The van der Waals surface area contributed by atoms with Crippen molar-refractivity contribution in [2.75, 3.05) is 13.2 Å². The quantitative estimate of drug-likeness (QED) is 0.540. The van der Waals surface area contributed by atoms with Crippen LogP contribution in [-0.4, -0.2) is 36.2 Å². The predicted molar refractivity (Wildman–Crippen MR) is 121 cm³/mol. The standard InChI is InChI=1S/C24H30ClNO5/c1-6-29-22(28)24(4,5)31-19-11-7-17(8-12-19)15-16-26-21(27)23(2,3)30-20-13-9-18(25)10-14-20/h7-14H,6,15-16H2,1-5H3,(H,26,27). The molecule has 31 heavy (non-hydrogen) atoms. The van der Waals surface area contributed by atoms with Crippen LogP contribution in [0.3, 0.4) is 0 Å². The molecule has 2 rings (SSSR count). The molecule has 0 fully saturated rings. The van der Waals surface area contributed by atoms with Gasteiger partial charge in [0.2, 0.25) is 0 Å². The molecule has 0 aliphatic carbocycles. The summed E-state index contributed by atoms with van der Waals surface area (Å²) in [6.45, 7) is 9.29. The fraction of sp³-hybridized carbons (Fsp3) is 0.417. The van der Waals surface area contributed by atoms with Crippen LogP contribution in [0.5, 0.6) is 11.5 Å². The van der Waals surface area contributed by atoms with E-state index in [0.717, 1.165) is 5.56 Å². The van der Waals surface area contributed by atoms with Crippen LogP contribution in [0.15, 0.2) is 48.5 Å². The average Bonchev–Trinajstić information content (AvgIpc) is 2.70. The molecule has 0 aromatic heterocycles. The first-order chi connectivity index (χ1) is 14.5. The minimum Gasteiger partial charge on any atom is -0.478 e. The van der Waals surface area contributed by atoms with E-state index in [2.05, 4.69) is 5.32 Å². The van der Waals surface area contributed by atoms with E-state index in [1.807, 2.05) is 12.1 Å². The van der Waals surface area contributed by atoms with Gasteiger partial charge in [-0.3, -0.25) is 4.79 Å². The Kier molecular flexibility index (Phi) is 8.34. The summed E-state index contributed by atoms with van der Waals surface area (Å²) in [6, 6.07) is 14.3. The van der Waals surface area contributed by atoms with Crippen molar-refractivity contribution in [1.29, 1.82) is 0 Å². The minimum absolute atomic E-state index is 0.210. The van der Waals surface area contributed by atoms with Crippen LogP contribution in [0.1, 0.15) is 40.2 Å². The Bertz CT molecular complexity index is 876. The van der Waals surface area contributed by atoms with E-state index in [1.165, 1.54) is 0 Å². The average molecular weight is 448 g/mol. The highest BCUT2D eigenvalue weighted by Gasteiger charge is 2.31. The molecule has 0 unspecified atom stereocenters. The van der Waals surface area contributed by atoms with Gasteiger partial charge < -0.3 is 19.5 Å². The summed E-state index contributed by atoms with van der Waals surface area (Å²) in [7, 11) is 0. The van der Waals surface area contributed by atoms with Crippen molar-refractivity contribution in [2.24, 2.45) is 0 Å². The fourth-order valence-corrected chi connectivity index (χ4v) is 2.87. The molecule has 0 atom stereocenters. The molecule has 0 saturated heterocycles. The van der Waals surface area contributed by atoms with Gasteiger partial charge in [0.25, 0.3) is 5.91 Å². The minimum atomic E-state index is -1.07. The topological polar surface area (TPSA) is 73.9 Å². The van der Waals surface area contributed by atoms with E-state index >= 15 is 0 Å². The molecule has 2 aromatic carbocycles. The van der Waals surface area contributed by atoms with Crippen LogP contribution in [0, 0.1) is 0 Å². The van der Waals surface area contributed by atoms with Gasteiger partial charge in [-0.05, 0) is 83.0 Å². The van der Waals surface area contributed by atoms with Gasteiger partial charge in [0, 0.05) is 11.6 Å². The van der Waals surface area contributed by atoms with Crippen molar-refractivity contribution < 1.29 is 23.8 Å². The summed E-state index contributed by atoms with van der Waals surface area (Å²) >= 11 is 5.88. The number of carbonyl (C=O) groups excluding carboxylic acids is 2. The molecule has 0 aliphatic rings. The fourth-order valence-electron chi connectivity index (χ4n) is 2.74. The van der Waals surface area contributed by atoms with Gasteiger partial charge in [0.05, 0.1) is 6.61 Å². The van der Waals surface area contributed by atoms with Gasteiger partial charge in [0.1, 0.15) is 11.5 Å². The van der Waals surface area contributed by atoms with E-state index < -0.39 is 17.2 Å². The third kappa shape index (κ3) is 7.47. The van der Waals surface area contributed by atoms with E-state index in [4.69, 9.17) is 25.8 Å². The highest BCUT2D eigenvalue weighted by molar-refractivity contribution is 6.30. The molecular formula is C24H30ClNO5. The lowest BCUT2D eigenvalue weighted by molar-refractivity contribution is -0.158. The number of hydrogen-bond donors (Lipinski definition) is 1. The molecule has 0 aliphatic heterocycles. The summed E-state index contributed by atoms with van der Waals surface area (Å²) < 4.78 is 16.6. The Hall–Kier alpha value is -2.73. The van der Waals surface area contributed by atoms with Crippen LogP contribution in [0.2, 0.25) is 5.02 Å². The molecular weight excluding hydrogens is 418 g/mol. The lowest BCUT2D eigenvalue weighted by Crippen LogP contribution is -2.47. The second kappa shape index (κ2) is 10.5. The number of nitrogens with one attached hydrogen (secondary N) is 1. The highest BCUT2D eigenvalue weighted by Crippen LogP contribution is 2.22. The number of ether oxygens (including phenoxy) is 3. The van der Waals surface area contributed by atoms with Crippen LogP contribution >= 0.6 is 11.6 Å². The zero-order valence-corrected chi connectivity index (χ0v) is 19.4. The first-order valence-electron chi connectivity index (χ1n) is 10.2. The summed E-state index contributed by atoms with van der Waals surface area (Å²) in [6.07, 6.45) is 0.643. The molecule has 168 valence electrons. The Labute approximate surface area is 188 Å². The second-order valence-corrected chi connectivity index (χ2v) is 8.49. The number of rotatable bonds is 10. The molecule has 2 aromatic rings. The van der Waals surface area contributed by atoms with Crippen LogP contribution in [-0.2, 0) is 20.7 Å². The van der Waals surface area contributed by atoms with E-state index in [-0.39, 0.29) is 5.91 Å². The monoisotopic (exact) mass is 447 g/mol. The van der Waals surface area contributed by atoms with E-state index in [9.17, 15) is 9.59 Å². The molecule has 1 amide bonds. The normalized spacial score (nSPS) is 11.5. The molecule has 0 spiro atoms. The van der Waals surface area contributed by atoms with Crippen LogP contribution < -0.4 is 14.8 Å². The maximum Gasteiger partial charge on any atom is 0.349 e. The molecule has 0 radical (unpaired) electrons. The first kappa shape index (κ1) is 24.5. The third-order valence-electron chi connectivity index (χ3n) is 4.50. The van der Waals surface area contributed by atoms with Crippen molar-refractivity contribution in [3.63, 3.8) is 0 Å². The smallest absolute Gasteiger partial charge is 0.349 e. The van der Waals surface area contributed by atoms with Gasteiger partial charge in [0.15, 0.2) is 11.2 Å². The number of esters is 1. The first-order valence-corrected chi connectivity index (χ1v) is 10.6. The van der Waals surface area contributed by atoms with E-state index in [0.29, 0.717) is 36.1 Å². The van der Waals surface area contributed by atoms with Crippen molar-refractivity contribution >= 4 is 23.5 Å². The maximum atomic E-state index is 12.5. The highest BCUT2D eigenvalue weighted by atomic mass is 35.5. The number of hydrogen-bond acceptors (Lipinski definition) is 5. The summed E-state index contributed by atoms with van der Waals surface area (Å²) in [4.78, 5) is 24.5. The molecule has 6 nitrogen and oxygen atoms in total. The molecule has 0 bridgehead atoms. The number of halogens is 1. The molecule has 0 heterocycles. The SMILES string of the molecule is CCOC(=O)C(C)(C)Oc1ccc(CCNC(=O)C(C)(C)Oc2ccc(Cl)cc2)cc1. The number of amides is 1. The van der Waals surface area contributed by atoms with E-state index in [1.54, 1.807) is 71.0 Å². The van der Waals surface area contributed by atoms with Crippen LogP contribution in [0.4, 0.5) is 0 Å². The van der Waals surface area contributed by atoms with Gasteiger partial charge in [-0.25, -0.2) is 4.79 Å². The third-order valence-corrected chi connectivity index (χ3v) is 4.75. The zero-order chi connectivity index (χ0) is 23.1. The molecule has 7 heteroatoms. The second-order valence-electron chi connectivity index (χ2n) is 8.05. The number of benzene rings is 2. The van der Waals surface area contributed by atoms with Gasteiger partial charge in [-0.1, -0.05) is 23.7 Å². The van der Waals surface area contributed by atoms with Crippen LogP contribution in [0.25, 0.3) is 0 Å². The predicted octanol–water partition coefficient (Wildman–Crippen LogP) is 4.58. The maximum absolute atomic E-state index is 12.5. The Morgan fingerprint density at radius 2 is 1.39 bits per heavy atom. The van der Waals surface area contributed by atoms with Crippen molar-refractivity contribution in [2.45, 2.75) is 52.2 Å². The summed E-state index contributed by atoms with van der Waals surface area (Å²) in [5.41, 5.74) is -1.07.